The Morgan fingerprint density at radius 2 is 2.08 bits per heavy atom. The van der Waals surface area contributed by atoms with Gasteiger partial charge >= 0.3 is 0 Å². The number of carbonyl (C=O) groups is 1. The van der Waals surface area contributed by atoms with Crippen molar-refractivity contribution in [3.05, 3.63) is 65.5 Å². The van der Waals surface area contributed by atoms with Gasteiger partial charge in [-0.1, -0.05) is 29.8 Å². The molecule has 3 rings (SSSR count). The topological polar surface area (TPSA) is 64.4 Å². The Hall–Kier alpha value is -2.79. The van der Waals surface area contributed by atoms with Crippen molar-refractivity contribution >= 4 is 23.2 Å². The van der Waals surface area contributed by atoms with Gasteiger partial charge in [0.2, 0.25) is 11.8 Å². The van der Waals surface area contributed by atoms with Crippen molar-refractivity contribution in [2.24, 2.45) is 0 Å². The number of nitrogens with one attached hydrogen (secondary N) is 1. The molecule has 0 aliphatic carbocycles. The number of nitrogens with zero attached hydrogens (tertiary/aromatic N) is 1. The second-order valence-electron chi connectivity index (χ2n) is 5.12. The molecule has 0 aliphatic rings. The van der Waals surface area contributed by atoms with Crippen LogP contribution in [0.3, 0.4) is 0 Å². The number of para-hydroxylation sites is 2. The number of halogens is 1. The van der Waals surface area contributed by atoms with Gasteiger partial charge in [-0.3, -0.25) is 4.79 Å². The van der Waals surface area contributed by atoms with Crippen LogP contribution in [0.2, 0.25) is 5.02 Å². The third-order valence-corrected chi connectivity index (χ3v) is 3.43. The minimum Gasteiger partial charge on any atom is -0.485 e. The van der Waals surface area contributed by atoms with Gasteiger partial charge in [0, 0.05) is 17.5 Å². The molecular formula is C18H15ClN2O3. The molecule has 0 saturated heterocycles. The van der Waals surface area contributed by atoms with Crippen molar-refractivity contribution in [1.82, 2.24) is 4.98 Å². The largest absolute Gasteiger partial charge is 0.485 e. The van der Waals surface area contributed by atoms with E-state index < -0.39 is 0 Å². The van der Waals surface area contributed by atoms with Crippen LogP contribution < -0.4 is 10.1 Å². The highest BCUT2D eigenvalue weighted by atomic mass is 35.5. The van der Waals surface area contributed by atoms with E-state index in [1.807, 2.05) is 24.3 Å². The van der Waals surface area contributed by atoms with Gasteiger partial charge in [-0.25, -0.2) is 4.98 Å². The minimum absolute atomic E-state index is 0.157. The normalized spacial score (nSPS) is 10.4. The SMILES string of the molecule is CC(=O)Nc1ccccc1OCc1coc(-c2cccc(Cl)c2)n1. The van der Waals surface area contributed by atoms with Gasteiger partial charge in [0.15, 0.2) is 0 Å². The summed E-state index contributed by atoms with van der Waals surface area (Å²) in [6, 6.07) is 14.5. The molecule has 0 fully saturated rings. The highest BCUT2D eigenvalue weighted by Gasteiger charge is 2.09. The summed E-state index contributed by atoms with van der Waals surface area (Å²) in [5, 5.41) is 3.34. The van der Waals surface area contributed by atoms with E-state index in [1.165, 1.54) is 13.2 Å². The number of aromatic nitrogens is 1. The van der Waals surface area contributed by atoms with Gasteiger partial charge in [-0.2, -0.15) is 0 Å². The molecule has 0 unspecified atom stereocenters. The summed E-state index contributed by atoms with van der Waals surface area (Å²) < 4.78 is 11.2. The van der Waals surface area contributed by atoms with Crippen molar-refractivity contribution in [2.45, 2.75) is 13.5 Å². The second kappa shape index (κ2) is 7.19. The quantitative estimate of drug-likeness (QED) is 0.739. The number of carbonyl (C=O) groups excluding carboxylic acids is 1. The molecule has 1 N–H and O–H groups in total. The molecule has 0 bridgehead atoms. The maximum atomic E-state index is 11.2. The average Bonchev–Trinajstić information content (AvgIpc) is 3.02. The summed E-state index contributed by atoms with van der Waals surface area (Å²) in [4.78, 5) is 15.6. The van der Waals surface area contributed by atoms with E-state index in [-0.39, 0.29) is 12.5 Å². The lowest BCUT2D eigenvalue weighted by Gasteiger charge is -2.10. The lowest BCUT2D eigenvalue weighted by molar-refractivity contribution is -0.114. The van der Waals surface area contributed by atoms with Gasteiger partial charge in [-0.05, 0) is 30.3 Å². The molecule has 122 valence electrons. The number of anilines is 1. The van der Waals surface area contributed by atoms with Crippen LogP contribution in [0, 0.1) is 0 Å². The zero-order valence-electron chi connectivity index (χ0n) is 13.0. The summed E-state index contributed by atoms with van der Waals surface area (Å²) in [5.74, 6) is 0.891. The Bertz CT molecular complexity index is 861. The van der Waals surface area contributed by atoms with Crippen LogP contribution in [0.4, 0.5) is 5.69 Å². The molecule has 1 heterocycles. The maximum absolute atomic E-state index is 11.2. The number of hydrogen-bond donors (Lipinski definition) is 1. The third kappa shape index (κ3) is 3.94. The first-order valence-electron chi connectivity index (χ1n) is 7.31. The molecule has 0 saturated carbocycles. The monoisotopic (exact) mass is 342 g/mol. The van der Waals surface area contributed by atoms with E-state index in [4.69, 9.17) is 20.8 Å². The number of amides is 1. The molecule has 6 heteroatoms. The predicted octanol–water partition coefficient (Wildman–Crippen LogP) is 4.53. The molecule has 0 aliphatic heterocycles. The van der Waals surface area contributed by atoms with E-state index in [9.17, 15) is 4.79 Å². The van der Waals surface area contributed by atoms with Gasteiger partial charge in [0.1, 0.15) is 24.3 Å². The Labute approximate surface area is 144 Å². The van der Waals surface area contributed by atoms with Crippen LogP contribution in [0.1, 0.15) is 12.6 Å². The molecule has 1 amide bonds. The summed E-state index contributed by atoms with van der Waals surface area (Å²) in [7, 11) is 0. The predicted molar refractivity (Wildman–Crippen MR) is 92.0 cm³/mol. The van der Waals surface area contributed by atoms with Crippen molar-refractivity contribution < 1.29 is 13.9 Å². The lowest BCUT2D eigenvalue weighted by Crippen LogP contribution is -2.07. The van der Waals surface area contributed by atoms with Crippen molar-refractivity contribution in [2.75, 3.05) is 5.32 Å². The van der Waals surface area contributed by atoms with Crippen LogP contribution in [-0.2, 0) is 11.4 Å². The first-order chi connectivity index (χ1) is 11.6. The van der Waals surface area contributed by atoms with E-state index in [1.54, 1.807) is 24.3 Å². The van der Waals surface area contributed by atoms with Crippen molar-refractivity contribution in [1.29, 1.82) is 0 Å². The summed E-state index contributed by atoms with van der Waals surface area (Å²) in [6.45, 7) is 1.67. The molecule has 24 heavy (non-hydrogen) atoms. The Morgan fingerprint density at radius 1 is 1.25 bits per heavy atom. The van der Waals surface area contributed by atoms with Crippen molar-refractivity contribution in [3.8, 4) is 17.2 Å². The van der Waals surface area contributed by atoms with E-state index in [2.05, 4.69) is 10.3 Å². The number of ether oxygens (including phenoxy) is 1. The third-order valence-electron chi connectivity index (χ3n) is 3.20. The van der Waals surface area contributed by atoms with E-state index >= 15 is 0 Å². The summed E-state index contributed by atoms with van der Waals surface area (Å²) in [5.41, 5.74) is 2.05. The fourth-order valence-electron chi connectivity index (χ4n) is 2.16. The number of benzene rings is 2. The standard InChI is InChI=1S/C18H15ClN2O3/c1-12(22)20-16-7-2-3-8-17(16)23-10-15-11-24-18(21-15)13-5-4-6-14(19)9-13/h2-9,11H,10H2,1H3,(H,20,22). The summed E-state index contributed by atoms with van der Waals surface area (Å²) >= 11 is 5.97. The van der Waals surface area contributed by atoms with Crippen LogP contribution >= 0.6 is 11.6 Å². The fourth-order valence-corrected chi connectivity index (χ4v) is 2.35. The van der Waals surface area contributed by atoms with Crippen LogP contribution in [0.25, 0.3) is 11.5 Å². The molecule has 2 aromatic carbocycles. The van der Waals surface area contributed by atoms with E-state index in [0.29, 0.717) is 28.0 Å². The molecule has 0 radical (unpaired) electrons. The van der Waals surface area contributed by atoms with Gasteiger partial charge in [0.05, 0.1) is 5.69 Å². The van der Waals surface area contributed by atoms with Crippen LogP contribution in [-0.4, -0.2) is 10.9 Å². The highest BCUT2D eigenvalue weighted by Crippen LogP contribution is 2.26. The number of hydrogen-bond acceptors (Lipinski definition) is 4. The molecule has 0 atom stereocenters. The minimum atomic E-state index is -0.157. The summed E-state index contributed by atoms with van der Waals surface area (Å²) in [6.07, 6.45) is 1.54. The highest BCUT2D eigenvalue weighted by molar-refractivity contribution is 6.30. The van der Waals surface area contributed by atoms with Crippen molar-refractivity contribution in [3.63, 3.8) is 0 Å². The Kier molecular flexibility index (Phi) is 4.82. The lowest BCUT2D eigenvalue weighted by atomic mass is 10.2. The number of rotatable bonds is 5. The zero-order valence-corrected chi connectivity index (χ0v) is 13.7. The first kappa shape index (κ1) is 16.1. The maximum Gasteiger partial charge on any atom is 0.226 e. The smallest absolute Gasteiger partial charge is 0.226 e. The second-order valence-corrected chi connectivity index (χ2v) is 5.56. The van der Waals surface area contributed by atoms with Gasteiger partial charge < -0.3 is 14.5 Å². The molecule has 5 nitrogen and oxygen atoms in total. The zero-order chi connectivity index (χ0) is 16.9. The Balaban J connectivity index is 1.71. The Morgan fingerprint density at radius 3 is 2.88 bits per heavy atom. The molecule has 3 aromatic rings. The average molecular weight is 343 g/mol. The van der Waals surface area contributed by atoms with E-state index in [0.717, 1.165) is 5.56 Å². The van der Waals surface area contributed by atoms with Gasteiger partial charge in [0.25, 0.3) is 0 Å². The van der Waals surface area contributed by atoms with Gasteiger partial charge in [-0.15, -0.1) is 0 Å². The first-order valence-corrected chi connectivity index (χ1v) is 7.69. The fraction of sp³-hybridized carbons (Fsp3) is 0.111. The number of oxazole rings is 1. The molecule has 1 aromatic heterocycles. The molecular weight excluding hydrogens is 328 g/mol. The van der Waals surface area contributed by atoms with Crippen LogP contribution in [0.15, 0.2) is 59.2 Å². The van der Waals surface area contributed by atoms with Crippen LogP contribution in [0.5, 0.6) is 5.75 Å². The molecule has 0 spiro atoms.